The lowest BCUT2D eigenvalue weighted by atomic mass is 9.87. The number of hydrogen-bond donors (Lipinski definition) is 1. The Morgan fingerprint density at radius 3 is 2.38 bits per heavy atom. The van der Waals surface area contributed by atoms with Crippen LogP contribution in [0.1, 0.15) is 33.9 Å². The van der Waals surface area contributed by atoms with Crippen LogP contribution in [0, 0.1) is 13.8 Å². The smallest absolute Gasteiger partial charge is 0.322 e. The predicted octanol–water partition coefficient (Wildman–Crippen LogP) is 4.95. The van der Waals surface area contributed by atoms with Crippen molar-refractivity contribution in [1.82, 2.24) is 9.88 Å². The van der Waals surface area contributed by atoms with Gasteiger partial charge in [-0.2, -0.15) is 0 Å². The Morgan fingerprint density at radius 2 is 1.71 bits per heavy atom. The van der Waals surface area contributed by atoms with Crippen LogP contribution >= 0.6 is 0 Å². The molecule has 0 saturated carbocycles. The first kappa shape index (κ1) is 23.4. The fraction of sp³-hybridized carbons (Fsp3) is 0.333. The third-order valence-corrected chi connectivity index (χ3v) is 6.43. The summed E-state index contributed by atoms with van der Waals surface area (Å²) in [5.74, 6) is 1.77. The van der Waals surface area contributed by atoms with Crippen molar-refractivity contribution in [2.75, 3.05) is 39.7 Å². The van der Waals surface area contributed by atoms with E-state index in [1.165, 1.54) is 0 Å². The third kappa shape index (κ3) is 4.64. The van der Waals surface area contributed by atoms with Gasteiger partial charge in [-0.3, -0.25) is 0 Å². The maximum absolute atomic E-state index is 13.4. The first-order valence-electron chi connectivity index (χ1n) is 11.3. The van der Waals surface area contributed by atoms with E-state index in [0.717, 1.165) is 27.9 Å². The molecule has 7 nitrogen and oxygen atoms in total. The van der Waals surface area contributed by atoms with Gasteiger partial charge in [0.1, 0.15) is 5.69 Å². The number of rotatable bonds is 5. The van der Waals surface area contributed by atoms with Crippen LogP contribution in [0.3, 0.4) is 0 Å². The number of amides is 2. The largest absolute Gasteiger partial charge is 0.493 e. The molecule has 1 aromatic heterocycles. The Bertz CT molecular complexity index is 1180. The van der Waals surface area contributed by atoms with Gasteiger partial charge < -0.3 is 24.4 Å². The second-order valence-corrected chi connectivity index (χ2v) is 8.44. The average Bonchev–Trinajstić information content (AvgIpc) is 3.05. The molecular formula is C27H31N3O4. The summed E-state index contributed by atoms with van der Waals surface area (Å²) in [6, 6.07) is 16.0. The fourth-order valence-electron chi connectivity index (χ4n) is 4.42. The minimum Gasteiger partial charge on any atom is -0.493 e. The molecule has 1 unspecified atom stereocenters. The highest BCUT2D eigenvalue weighted by molar-refractivity contribution is 5.91. The van der Waals surface area contributed by atoms with Gasteiger partial charge in [-0.05, 0) is 60.7 Å². The zero-order valence-corrected chi connectivity index (χ0v) is 20.3. The van der Waals surface area contributed by atoms with Crippen LogP contribution in [0.15, 0.2) is 48.5 Å². The van der Waals surface area contributed by atoms with E-state index in [9.17, 15) is 4.79 Å². The third-order valence-electron chi connectivity index (χ3n) is 6.43. The molecule has 0 spiro atoms. The highest BCUT2D eigenvalue weighted by Gasteiger charge is 2.29. The van der Waals surface area contributed by atoms with Crippen molar-refractivity contribution < 1.29 is 19.0 Å². The summed E-state index contributed by atoms with van der Waals surface area (Å²) in [5.41, 5.74) is 5.85. The maximum Gasteiger partial charge on any atom is 0.322 e. The second-order valence-electron chi connectivity index (χ2n) is 8.44. The molecule has 178 valence electrons. The van der Waals surface area contributed by atoms with Crippen LogP contribution in [0.25, 0.3) is 0 Å². The van der Waals surface area contributed by atoms with Gasteiger partial charge in [0.15, 0.2) is 11.5 Å². The van der Waals surface area contributed by atoms with Gasteiger partial charge >= 0.3 is 6.03 Å². The highest BCUT2D eigenvalue weighted by Crippen LogP contribution is 2.39. The molecule has 34 heavy (non-hydrogen) atoms. The van der Waals surface area contributed by atoms with E-state index < -0.39 is 0 Å². The molecule has 1 aliphatic heterocycles. The SMILES string of the molecule is COc1cc2c(cc1OC)C(c1ccccc1)CN(C(=O)Nc1cc(C)c(C)nc1OC)CC2. The van der Waals surface area contributed by atoms with Gasteiger partial charge in [0.25, 0.3) is 0 Å². The molecule has 2 heterocycles. The molecule has 0 saturated heterocycles. The zero-order chi connectivity index (χ0) is 24.2. The van der Waals surface area contributed by atoms with Gasteiger partial charge in [0.2, 0.25) is 5.88 Å². The quantitative estimate of drug-likeness (QED) is 0.582. The van der Waals surface area contributed by atoms with E-state index >= 15 is 0 Å². The molecule has 2 aromatic carbocycles. The van der Waals surface area contributed by atoms with Crippen LogP contribution in [-0.4, -0.2) is 50.3 Å². The van der Waals surface area contributed by atoms with Crippen molar-refractivity contribution in [3.05, 3.63) is 76.5 Å². The highest BCUT2D eigenvalue weighted by atomic mass is 16.5. The van der Waals surface area contributed by atoms with Gasteiger partial charge in [0, 0.05) is 24.7 Å². The Kier molecular flexibility index (Phi) is 6.91. The molecule has 1 aliphatic rings. The summed E-state index contributed by atoms with van der Waals surface area (Å²) >= 11 is 0. The molecule has 1 atom stereocenters. The van der Waals surface area contributed by atoms with Crippen LogP contribution in [0.4, 0.5) is 10.5 Å². The lowest BCUT2D eigenvalue weighted by Crippen LogP contribution is -2.38. The number of fused-ring (bicyclic) bond motifs is 1. The Morgan fingerprint density at radius 1 is 1.00 bits per heavy atom. The summed E-state index contributed by atoms with van der Waals surface area (Å²) in [6.45, 7) is 4.98. The number of nitrogens with one attached hydrogen (secondary N) is 1. The molecule has 0 bridgehead atoms. The summed E-state index contributed by atoms with van der Waals surface area (Å²) < 4.78 is 16.5. The predicted molar refractivity (Wildman–Crippen MR) is 132 cm³/mol. The van der Waals surface area contributed by atoms with Gasteiger partial charge in [-0.15, -0.1) is 0 Å². The first-order chi connectivity index (χ1) is 16.4. The summed E-state index contributed by atoms with van der Waals surface area (Å²) in [5, 5.41) is 3.02. The van der Waals surface area contributed by atoms with Gasteiger partial charge in [0.05, 0.1) is 21.3 Å². The van der Waals surface area contributed by atoms with E-state index in [4.69, 9.17) is 14.2 Å². The van der Waals surface area contributed by atoms with E-state index in [1.54, 1.807) is 21.3 Å². The number of anilines is 1. The number of benzene rings is 2. The van der Waals surface area contributed by atoms with Crippen LogP contribution in [0.5, 0.6) is 17.4 Å². The number of pyridine rings is 1. The number of aromatic nitrogens is 1. The molecule has 0 aliphatic carbocycles. The lowest BCUT2D eigenvalue weighted by Gasteiger charge is -2.26. The summed E-state index contributed by atoms with van der Waals surface area (Å²) in [7, 11) is 4.84. The Labute approximate surface area is 200 Å². The van der Waals surface area contributed by atoms with Gasteiger partial charge in [-0.1, -0.05) is 30.3 Å². The topological polar surface area (TPSA) is 72.9 Å². The van der Waals surface area contributed by atoms with Gasteiger partial charge in [-0.25, -0.2) is 9.78 Å². The van der Waals surface area contributed by atoms with Crippen LogP contribution < -0.4 is 19.5 Å². The van der Waals surface area contributed by atoms with E-state index in [1.807, 2.05) is 55.1 Å². The molecule has 4 rings (SSSR count). The number of ether oxygens (including phenoxy) is 3. The standard InChI is InChI=1S/C27H31N3O4/c1-17-13-23(26(34-5)28-18(17)2)29-27(31)30-12-11-20-14-24(32-3)25(33-4)15-21(20)22(16-30)19-9-7-6-8-10-19/h6-10,13-15,22H,11-12,16H2,1-5H3,(H,29,31). The fourth-order valence-corrected chi connectivity index (χ4v) is 4.42. The Balaban J connectivity index is 1.69. The number of carbonyl (C=O) groups is 1. The summed E-state index contributed by atoms with van der Waals surface area (Å²) in [6.07, 6.45) is 0.703. The number of carbonyl (C=O) groups excluding carboxylic acids is 1. The number of nitrogens with zero attached hydrogens (tertiary/aromatic N) is 2. The molecule has 0 fully saturated rings. The van der Waals surface area contributed by atoms with Crippen molar-refractivity contribution in [3.8, 4) is 17.4 Å². The maximum atomic E-state index is 13.4. The van der Waals surface area contributed by atoms with Crippen molar-refractivity contribution in [2.45, 2.75) is 26.2 Å². The van der Waals surface area contributed by atoms with E-state index in [-0.39, 0.29) is 11.9 Å². The lowest BCUT2D eigenvalue weighted by molar-refractivity contribution is 0.212. The first-order valence-corrected chi connectivity index (χ1v) is 11.3. The van der Waals surface area contributed by atoms with Crippen LogP contribution in [0.2, 0.25) is 0 Å². The molecular weight excluding hydrogens is 430 g/mol. The minimum atomic E-state index is -0.184. The minimum absolute atomic E-state index is 0.0102. The zero-order valence-electron chi connectivity index (χ0n) is 20.3. The molecule has 3 aromatic rings. The molecule has 2 amide bonds. The summed E-state index contributed by atoms with van der Waals surface area (Å²) in [4.78, 5) is 19.8. The van der Waals surface area contributed by atoms with Crippen molar-refractivity contribution >= 4 is 11.7 Å². The number of aryl methyl sites for hydroxylation is 2. The Hall–Kier alpha value is -3.74. The number of methoxy groups -OCH3 is 3. The molecule has 0 radical (unpaired) electrons. The number of hydrogen-bond acceptors (Lipinski definition) is 5. The van der Waals surface area contributed by atoms with Crippen molar-refractivity contribution in [1.29, 1.82) is 0 Å². The van der Waals surface area contributed by atoms with Crippen molar-refractivity contribution in [2.24, 2.45) is 0 Å². The number of urea groups is 1. The van der Waals surface area contributed by atoms with Crippen molar-refractivity contribution in [3.63, 3.8) is 0 Å². The monoisotopic (exact) mass is 461 g/mol. The van der Waals surface area contributed by atoms with E-state index in [0.29, 0.717) is 42.6 Å². The second kappa shape index (κ2) is 10.0. The van der Waals surface area contributed by atoms with E-state index in [2.05, 4.69) is 22.4 Å². The average molecular weight is 462 g/mol. The molecule has 7 heteroatoms. The van der Waals surface area contributed by atoms with Crippen LogP contribution in [-0.2, 0) is 6.42 Å². The normalized spacial score (nSPS) is 15.2. The molecule has 1 N–H and O–H groups in total.